The number of nitrogens with one attached hydrogen (secondary N) is 3. The number of carbonyl (C=O) groups excluding carboxylic acids is 6. The van der Waals surface area contributed by atoms with Gasteiger partial charge in [0.1, 0.15) is 29.0 Å². The quantitative estimate of drug-likeness (QED) is 0.0673. The Hall–Kier alpha value is -6.59. The van der Waals surface area contributed by atoms with Crippen LogP contribution < -0.4 is 25.6 Å². The molecule has 1 aliphatic carbocycles. The molecule has 4 aliphatic rings. The van der Waals surface area contributed by atoms with Crippen LogP contribution in [0.1, 0.15) is 75.8 Å². The maximum atomic E-state index is 13.2. The van der Waals surface area contributed by atoms with Crippen molar-refractivity contribution < 1.29 is 52.5 Å². The molecule has 22 nitrogen and oxygen atoms in total. The number of hydrogen-bond acceptors (Lipinski definition) is 17. The van der Waals surface area contributed by atoms with Gasteiger partial charge in [-0.1, -0.05) is 18.9 Å². The lowest BCUT2D eigenvalue weighted by molar-refractivity contribution is -0.136. The number of anilines is 3. The minimum absolute atomic E-state index is 0.00954. The van der Waals surface area contributed by atoms with Crippen LogP contribution in [0.4, 0.5) is 17.5 Å². The summed E-state index contributed by atoms with van der Waals surface area (Å²) in [5, 5.41) is 8.94. The first-order chi connectivity index (χ1) is 34.0. The summed E-state index contributed by atoms with van der Waals surface area (Å²) >= 11 is 0. The summed E-state index contributed by atoms with van der Waals surface area (Å²) in [7, 11) is 3.54. The van der Waals surface area contributed by atoms with Gasteiger partial charge < -0.3 is 48.7 Å². The summed E-state index contributed by atoms with van der Waals surface area (Å²) in [4.78, 5) is 96.8. The number of aromatic nitrogens is 4. The molecule has 6 heterocycles. The minimum atomic E-state index is -1.10. The summed E-state index contributed by atoms with van der Waals surface area (Å²) in [5.74, 6) is -1.90. The molecular formula is C48H61N11O11. The van der Waals surface area contributed by atoms with Crippen LogP contribution in [0.5, 0.6) is 5.75 Å². The van der Waals surface area contributed by atoms with Crippen LogP contribution in [0, 0.1) is 0 Å². The van der Waals surface area contributed by atoms with E-state index in [0.717, 1.165) is 80.0 Å². The standard InChI is InChI=1S/C48H61N11O11/c1-55(2)46(64)37-28-32-29-51-48(54-43(32)58(37)33-6-3-4-7-33)52-39-12-10-34(30-50-39)57-17-15-56(16-18-57)19-21-67-23-25-69-27-26-68-24-22-66-20-14-49-41(61)31-70-38-9-5-8-35-42(38)47(65)59(45(35)63)36-11-13-40(60)53-44(36)62/h5,8-10,12,28-30,33,36H,3-4,6-7,11,13-27,31H2,1-2H3,(H,49,61)(H,53,60,62)(H,50,51,52,54). The maximum Gasteiger partial charge on any atom is 0.270 e. The smallest absolute Gasteiger partial charge is 0.270 e. The van der Waals surface area contributed by atoms with Gasteiger partial charge in [-0.2, -0.15) is 4.98 Å². The normalized spacial score (nSPS) is 17.6. The van der Waals surface area contributed by atoms with E-state index in [1.165, 1.54) is 18.2 Å². The first-order valence-corrected chi connectivity index (χ1v) is 23.9. The Bertz CT molecular complexity index is 2510. The molecule has 0 spiro atoms. The van der Waals surface area contributed by atoms with Crippen LogP contribution in [-0.4, -0.2) is 189 Å². The Labute approximate surface area is 405 Å². The van der Waals surface area contributed by atoms with Crippen molar-refractivity contribution in [1.29, 1.82) is 0 Å². The van der Waals surface area contributed by atoms with Gasteiger partial charge in [-0.15, -0.1) is 0 Å². The fourth-order valence-electron chi connectivity index (χ4n) is 9.00. The SMILES string of the molecule is CN(C)C(=O)c1cc2cnc(Nc3ccc(N4CCN(CCOCCOCCOCCOCCNC(=O)COc5cccc6c5C(=O)N(C5CCC(=O)NC5=O)C6=O)CC4)cn3)nc2n1C1CCCC1. The Morgan fingerprint density at radius 1 is 0.814 bits per heavy atom. The summed E-state index contributed by atoms with van der Waals surface area (Å²) in [5.41, 5.74) is 2.50. The minimum Gasteiger partial charge on any atom is -0.483 e. The zero-order valence-corrected chi connectivity index (χ0v) is 39.7. The molecule has 70 heavy (non-hydrogen) atoms. The number of ether oxygens (including phenoxy) is 5. The number of piperazine rings is 1. The lowest BCUT2D eigenvalue weighted by Crippen LogP contribution is -2.54. The second-order valence-corrected chi connectivity index (χ2v) is 17.6. The van der Waals surface area contributed by atoms with Crippen LogP contribution >= 0.6 is 0 Å². The van der Waals surface area contributed by atoms with Gasteiger partial charge in [0.05, 0.1) is 75.9 Å². The van der Waals surface area contributed by atoms with Crippen molar-refractivity contribution in [3.05, 3.63) is 65.6 Å². The van der Waals surface area contributed by atoms with Crippen molar-refractivity contribution in [2.75, 3.05) is 123 Å². The largest absolute Gasteiger partial charge is 0.483 e. The van der Waals surface area contributed by atoms with E-state index in [9.17, 15) is 28.8 Å². The Balaban J connectivity index is 0.624. The van der Waals surface area contributed by atoms with E-state index in [0.29, 0.717) is 63.7 Å². The second kappa shape index (κ2) is 23.8. The fourth-order valence-corrected chi connectivity index (χ4v) is 9.00. The molecule has 8 rings (SSSR count). The number of rotatable bonds is 24. The highest BCUT2D eigenvalue weighted by Crippen LogP contribution is 2.36. The number of carbonyl (C=O) groups is 6. The lowest BCUT2D eigenvalue weighted by Gasteiger charge is -2.35. The zero-order valence-electron chi connectivity index (χ0n) is 39.7. The fraction of sp³-hybridized carbons (Fsp3) is 0.521. The number of amides is 6. The van der Waals surface area contributed by atoms with E-state index in [-0.39, 0.29) is 54.8 Å². The van der Waals surface area contributed by atoms with Crippen LogP contribution in [0.2, 0.25) is 0 Å². The zero-order chi connectivity index (χ0) is 49.0. The predicted octanol–water partition coefficient (Wildman–Crippen LogP) is 2.17. The number of nitrogens with zero attached hydrogens (tertiary/aromatic N) is 8. The van der Waals surface area contributed by atoms with E-state index < -0.39 is 42.2 Å². The van der Waals surface area contributed by atoms with Gasteiger partial charge in [-0.25, -0.2) is 9.97 Å². The van der Waals surface area contributed by atoms with E-state index in [2.05, 4.69) is 46.4 Å². The Kier molecular flexibility index (Phi) is 17.0. The third-order valence-electron chi connectivity index (χ3n) is 12.6. The van der Waals surface area contributed by atoms with E-state index in [1.807, 2.05) is 18.3 Å². The third kappa shape index (κ3) is 12.2. The molecule has 1 atom stereocenters. The van der Waals surface area contributed by atoms with Gasteiger partial charge >= 0.3 is 0 Å². The predicted molar refractivity (Wildman–Crippen MR) is 254 cm³/mol. The molecule has 1 aromatic carbocycles. The molecular weight excluding hydrogens is 907 g/mol. The second-order valence-electron chi connectivity index (χ2n) is 17.6. The monoisotopic (exact) mass is 967 g/mol. The van der Waals surface area contributed by atoms with Gasteiger partial charge in [-0.3, -0.25) is 43.9 Å². The highest BCUT2D eigenvalue weighted by Gasteiger charge is 2.46. The van der Waals surface area contributed by atoms with Crippen LogP contribution in [-0.2, 0) is 33.3 Å². The molecule has 22 heteroatoms. The molecule has 6 amide bonds. The summed E-state index contributed by atoms with van der Waals surface area (Å²) < 4.78 is 30.2. The van der Waals surface area contributed by atoms with Crippen molar-refractivity contribution >= 4 is 63.9 Å². The van der Waals surface area contributed by atoms with E-state index in [1.54, 1.807) is 25.2 Å². The van der Waals surface area contributed by atoms with Gasteiger partial charge in [0.25, 0.3) is 23.6 Å². The molecule has 0 bridgehead atoms. The highest BCUT2D eigenvalue weighted by atomic mass is 16.6. The van der Waals surface area contributed by atoms with Crippen LogP contribution in [0.15, 0.2) is 48.8 Å². The average molecular weight is 968 g/mol. The highest BCUT2D eigenvalue weighted by molar-refractivity contribution is 6.24. The number of piperidine rings is 1. The average Bonchev–Trinajstić information content (AvgIpc) is 4.09. The van der Waals surface area contributed by atoms with Crippen molar-refractivity contribution in [3.8, 4) is 5.75 Å². The first-order valence-electron chi connectivity index (χ1n) is 23.9. The molecule has 4 aromatic rings. The molecule has 1 saturated carbocycles. The van der Waals surface area contributed by atoms with Crippen molar-refractivity contribution in [1.82, 2.24) is 44.9 Å². The van der Waals surface area contributed by atoms with Gasteiger partial charge in [-0.05, 0) is 49.6 Å². The number of pyridine rings is 1. The summed E-state index contributed by atoms with van der Waals surface area (Å²) in [6.45, 7) is 7.57. The van der Waals surface area contributed by atoms with E-state index in [4.69, 9.17) is 28.7 Å². The van der Waals surface area contributed by atoms with Gasteiger partial charge in [0, 0.05) is 77.4 Å². The molecule has 3 aliphatic heterocycles. The third-order valence-corrected chi connectivity index (χ3v) is 12.6. The van der Waals surface area contributed by atoms with Crippen molar-refractivity contribution in [3.63, 3.8) is 0 Å². The molecule has 3 fully saturated rings. The van der Waals surface area contributed by atoms with Crippen molar-refractivity contribution in [2.24, 2.45) is 0 Å². The lowest BCUT2D eigenvalue weighted by atomic mass is 10.0. The van der Waals surface area contributed by atoms with Gasteiger partial charge in [0.15, 0.2) is 6.61 Å². The van der Waals surface area contributed by atoms with Crippen LogP contribution in [0.25, 0.3) is 11.0 Å². The molecule has 0 radical (unpaired) electrons. The Morgan fingerprint density at radius 2 is 1.53 bits per heavy atom. The maximum absolute atomic E-state index is 13.2. The molecule has 3 N–H and O–H groups in total. The van der Waals surface area contributed by atoms with E-state index >= 15 is 0 Å². The molecule has 1 unspecified atom stereocenters. The molecule has 3 aromatic heterocycles. The first kappa shape index (κ1) is 49.8. The van der Waals surface area contributed by atoms with Crippen LogP contribution in [0.3, 0.4) is 0 Å². The number of fused-ring (bicyclic) bond motifs is 2. The summed E-state index contributed by atoms with van der Waals surface area (Å²) in [6.07, 6.45) is 8.03. The molecule has 374 valence electrons. The van der Waals surface area contributed by atoms with Gasteiger partial charge in [0.2, 0.25) is 17.8 Å². The topological polar surface area (TPSA) is 241 Å². The number of hydrogen-bond donors (Lipinski definition) is 3. The number of imide groups is 2. The summed E-state index contributed by atoms with van der Waals surface area (Å²) in [6, 6.07) is 9.49. The molecule has 2 saturated heterocycles. The van der Waals surface area contributed by atoms with Crippen molar-refractivity contribution in [2.45, 2.75) is 50.6 Å². The Morgan fingerprint density at radius 3 is 2.21 bits per heavy atom. The number of benzene rings is 1.